The van der Waals surface area contributed by atoms with Crippen LogP contribution in [0.1, 0.15) is 25.0 Å². The molecule has 0 bridgehead atoms. The first kappa shape index (κ1) is 19.9. The Kier molecular flexibility index (Phi) is 6.71. The maximum absolute atomic E-state index is 12.2. The highest BCUT2D eigenvalue weighted by Gasteiger charge is 2.30. The Balaban J connectivity index is 1.56. The van der Waals surface area contributed by atoms with Gasteiger partial charge >= 0.3 is 0 Å². The smallest absolute Gasteiger partial charge is 0.239 e. The molecule has 0 aliphatic carbocycles. The number of thioether (sulfide) groups is 1. The topological polar surface area (TPSA) is 72.3 Å². The minimum atomic E-state index is -0.213. The van der Waals surface area contributed by atoms with E-state index in [1.807, 2.05) is 62.4 Å². The molecule has 146 valence electrons. The number of hydrogen-bond acceptors (Lipinski definition) is 6. The van der Waals surface area contributed by atoms with E-state index in [-0.39, 0.29) is 17.3 Å². The molecule has 0 saturated carbocycles. The van der Waals surface area contributed by atoms with Gasteiger partial charge in [0.25, 0.3) is 0 Å². The standard InChI is InChI=1S/C21H23N3O3S/c1-14(2)27-18-10-6-16(7-11-18)13-22-24-21-23-20(25)19(28-21)12-15-4-8-17(26-3)9-5-15/h4-11,13-14,19H,12H2,1-3H3,(H,23,24,25)/b22-13-/t19-/m0/s1. The number of methoxy groups -OCH3 is 1. The number of benzene rings is 2. The highest BCUT2D eigenvalue weighted by molar-refractivity contribution is 8.15. The lowest BCUT2D eigenvalue weighted by Crippen LogP contribution is -2.25. The van der Waals surface area contributed by atoms with Crippen molar-refractivity contribution >= 4 is 29.1 Å². The SMILES string of the molecule is COc1ccc(C[C@@H]2S/C(=N/N=C\c3ccc(OC(C)C)cc3)NC2=O)cc1. The molecule has 0 spiro atoms. The predicted molar refractivity (Wildman–Crippen MR) is 113 cm³/mol. The van der Waals surface area contributed by atoms with Crippen LogP contribution in [0.5, 0.6) is 11.5 Å². The first-order chi connectivity index (χ1) is 13.5. The number of amides is 1. The number of hydrogen-bond donors (Lipinski definition) is 1. The summed E-state index contributed by atoms with van der Waals surface area (Å²) in [6.45, 7) is 3.97. The molecule has 1 amide bonds. The molecule has 1 saturated heterocycles. The van der Waals surface area contributed by atoms with E-state index in [9.17, 15) is 4.79 Å². The summed E-state index contributed by atoms with van der Waals surface area (Å²) >= 11 is 1.39. The third-order valence-corrected chi connectivity index (χ3v) is 5.04. The van der Waals surface area contributed by atoms with Crippen molar-refractivity contribution in [2.24, 2.45) is 10.2 Å². The molecule has 1 aliphatic rings. The molecule has 6 nitrogen and oxygen atoms in total. The first-order valence-corrected chi connectivity index (χ1v) is 9.89. The van der Waals surface area contributed by atoms with E-state index in [1.165, 1.54) is 11.8 Å². The summed E-state index contributed by atoms with van der Waals surface area (Å²) < 4.78 is 10.8. The first-order valence-electron chi connectivity index (χ1n) is 9.01. The van der Waals surface area contributed by atoms with Gasteiger partial charge in [-0.3, -0.25) is 4.79 Å². The molecule has 1 heterocycles. The zero-order chi connectivity index (χ0) is 19.9. The second-order valence-corrected chi connectivity index (χ2v) is 7.72. The number of nitrogens with one attached hydrogen (secondary N) is 1. The summed E-state index contributed by atoms with van der Waals surface area (Å²) in [7, 11) is 1.63. The van der Waals surface area contributed by atoms with Crippen molar-refractivity contribution in [3.05, 3.63) is 59.7 Å². The Bertz CT molecular complexity index is 861. The van der Waals surface area contributed by atoms with Crippen LogP contribution in [0.25, 0.3) is 0 Å². The van der Waals surface area contributed by atoms with Gasteiger partial charge in [0.2, 0.25) is 5.91 Å². The summed E-state index contributed by atoms with van der Waals surface area (Å²) in [6, 6.07) is 15.3. The Morgan fingerprint density at radius 3 is 2.43 bits per heavy atom. The second-order valence-electron chi connectivity index (χ2n) is 6.53. The van der Waals surface area contributed by atoms with E-state index in [4.69, 9.17) is 9.47 Å². The van der Waals surface area contributed by atoms with Gasteiger partial charge in [0.05, 0.1) is 24.7 Å². The van der Waals surface area contributed by atoms with Crippen LogP contribution in [-0.2, 0) is 11.2 Å². The van der Waals surface area contributed by atoms with Crippen molar-refractivity contribution in [1.29, 1.82) is 0 Å². The highest BCUT2D eigenvalue weighted by Crippen LogP contribution is 2.24. The molecular weight excluding hydrogens is 374 g/mol. The van der Waals surface area contributed by atoms with Gasteiger partial charge in [0.1, 0.15) is 11.5 Å². The van der Waals surface area contributed by atoms with Crippen molar-refractivity contribution in [2.45, 2.75) is 31.6 Å². The lowest BCUT2D eigenvalue weighted by Gasteiger charge is -2.08. The van der Waals surface area contributed by atoms with Gasteiger partial charge < -0.3 is 14.8 Å². The second kappa shape index (κ2) is 9.41. The molecule has 2 aromatic rings. The lowest BCUT2D eigenvalue weighted by molar-refractivity contribution is -0.118. The molecule has 1 atom stereocenters. The van der Waals surface area contributed by atoms with E-state index >= 15 is 0 Å². The predicted octanol–water partition coefficient (Wildman–Crippen LogP) is 3.65. The van der Waals surface area contributed by atoms with Gasteiger partial charge in [0.15, 0.2) is 5.17 Å². The van der Waals surface area contributed by atoms with Crippen LogP contribution in [0.2, 0.25) is 0 Å². The van der Waals surface area contributed by atoms with Crippen molar-refractivity contribution in [3.63, 3.8) is 0 Å². The summed E-state index contributed by atoms with van der Waals surface area (Å²) in [5.74, 6) is 1.57. The van der Waals surface area contributed by atoms with Crippen molar-refractivity contribution in [3.8, 4) is 11.5 Å². The molecule has 3 rings (SSSR count). The van der Waals surface area contributed by atoms with Gasteiger partial charge in [-0.25, -0.2) is 0 Å². The molecule has 0 radical (unpaired) electrons. The fourth-order valence-corrected chi connectivity index (χ4v) is 3.58. The van der Waals surface area contributed by atoms with Crippen LogP contribution < -0.4 is 14.8 Å². The molecular formula is C21H23N3O3S. The lowest BCUT2D eigenvalue weighted by atomic mass is 10.1. The Labute approximate surface area is 169 Å². The van der Waals surface area contributed by atoms with Crippen molar-refractivity contribution in [1.82, 2.24) is 5.32 Å². The largest absolute Gasteiger partial charge is 0.497 e. The molecule has 1 N–H and O–H groups in total. The average molecular weight is 398 g/mol. The maximum atomic E-state index is 12.2. The monoisotopic (exact) mass is 397 g/mol. The summed E-state index contributed by atoms with van der Waals surface area (Å²) in [5, 5.41) is 11.3. The zero-order valence-corrected chi connectivity index (χ0v) is 16.9. The van der Waals surface area contributed by atoms with Crippen LogP contribution in [0.4, 0.5) is 0 Å². The minimum absolute atomic E-state index is 0.0510. The van der Waals surface area contributed by atoms with Crippen molar-refractivity contribution < 1.29 is 14.3 Å². The van der Waals surface area contributed by atoms with Crippen LogP contribution in [0.15, 0.2) is 58.7 Å². The minimum Gasteiger partial charge on any atom is -0.497 e. The van der Waals surface area contributed by atoms with E-state index in [0.29, 0.717) is 11.6 Å². The van der Waals surface area contributed by atoms with Gasteiger partial charge in [-0.05, 0) is 67.8 Å². The van der Waals surface area contributed by atoms with E-state index in [0.717, 1.165) is 22.6 Å². The van der Waals surface area contributed by atoms with E-state index < -0.39 is 0 Å². The fourth-order valence-electron chi connectivity index (χ4n) is 2.61. The van der Waals surface area contributed by atoms with Gasteiger partial charge in [-0.1, -0.05) is 23.9 Å². The highest BCUT2D eigenvalue weighted by atomic mass is 32.2. The maximum Gasteiger partial charge on any atom is 0.239 e. The Morgan fingerprint density at radius 1 is 1.11 bits per heavy atom. The Morgan fingerprint density at radius 2 is 1.79 bits per heavy atom. The van der Waals surface area contributed by atoms with E-state index in [2.05, 4.69) is 15.5 Å². The molecule has 28 heavy (non-hydrogen) atoms. The molecule has 0 unspecified atom stereocenters. The number of ether oxygens (including phenoxy) is 2. The summed E-state index contributed by atoms with van der Waals surface area (Å²) in [4.78, 5) is 12.2. The number of nitrogens with zero attached hydrogens (tertiary/aromatic N) is 2. The molecule has 7 heteroatoms. The molecule has 1 fully saturated rings. The molecule has 0 aromatic heterocycles. The fraction of sp³-hybridized carbons (Fsp3) is 0.286. The number of amidine groups is 1. The van der Waals surface area contributed by atoms with Gasteiger partial charge in [-0.2, -0.15) is 5.10 Å². The number of carbonyl (C=O) groups is 1. The van der Waals surface area contributed by atoms with Crippen LogP contribution in [-0.4, -0.2) is 35.8 Å². The normalized spacial score (nSPS) is 18.1. The van der Waals surface area contributed by atoms with Gasteiger partial charge in [0, 0.05) is 0 Å². The number of rotatable bonds is 7. The average Bonchev–Trinajstić information content (AvgIpc) is 3.02. The van der Waals surface area contributed by atoms with E-state index in [1.54, 1.807) is 13.3 Å². The van der Waals surface area contributed by atoms with Crippen LogP contribution >= 0.6 is 11.8 Å². The molecule has 2 aromatic carbocycles. The zero-order valence-electron chi connectivity index (χ0n) is 16.1. The Hall–Kier alpha value is -2.80. The quantitative estimate of drug-likeness (QED) is 0.572. The summed E-state index contributed by atoms with van der Waals surface area (Å²) in [6.07, 6.45) is 2.41. The third kappa shape index (κ3) is 5.60. The third-order valence-electron chi connectivity index (χ3n) is 3.96. The van der Waals surface area contributed by atoms with Gasteiger partial charge in [-0.15, -0.1) is 5.10 Å². The summed E-state index contributed by atoms with van der Waals surface area (Å²) in [5.41, 5.74) is 1.98. The molecule has 1 aliphatic heterocycles. The number of carbonyl (C=O) groups excluding carboxylic acids is 1. The van der Waals surface area contributed by atoms with Crippen LogP contribution in [0, 0.1) is 0 Å². The van der Waals surface area contributed by atoms with Crippen LogP contribution in [0.3, 0.4) is 0 Å². The van der Waals surface area contributed by atoms with Crippen molar-refractivity contribution in [2.75, 3.05) is 7.11 Å².